The van der Waals surface area contributed by atoms with Crippen LogP contribution in [-0.4, -0.2) is 39.0 Å². The number of hydrogen-bond donors (Lipinski definition) is 0. The van der Waals surface area contributed by atoms with Crippen molar-refractivity contribution in [2.45, 2.75) is 70.9 Å². The first-order valence-corrected chi connectivity index (χ1v) is 11.1. The monoisotopic (exact) mass is 430 g/mol. The number of ether oxygens (including phenoxy) is 4. The van der Waals surface area contributed by atoms with Gasteiger partial charge in [-0.2, -0.15) is 0 Å². The molecule has 0 N–H and O–H groups in total. The van der Waals surface area contributed by atoms with Crippen molar-refractivity contribution in [3.63, 3.8) is 0 Å². The van der Waals surface area contributed by atoms with Crippen LogP contribution in [0.3, 0.4) is 0 Å². The zero-order valence-corrected chi connectivity index (χ0v) is 17.7. The van der Waals surface area contributed by atoms with Crippen LogP contribution < -0.4 is 0 Å². The average Bonchev–Trinajstić information content (AvgIpc) is 2.76. The summed E-state index contributed by atoms with van der Waals surface area (Å²) in [5.74, 6) is -3.00. The van der Waals surface area contributed by atoms with E-state index in [1.54, 1.807) is 0 Å². The van der Waals surface area contributed by atoms with Gasteiger partial charge in [-0.3, -0.25) is 0 Å². The molecule has 3 rings (SSSR count). The molecule has 0 radical (unpaired) electrons. The number of halogens is 3. The molecule has 1 aromatic rings. The predicted octanol–water partition coefficient (Wildman–Crippen LogP) is 5.38. The molecule has 2 fully saturated rings. The molecule has 170 valence electrons. The average molecular weight is 431 g/mol. The first-order valence-electron chi connectivity index (χ1n) is 11.1. The van der Waals surface area contributed by atoms with Crippen LogP contribution in [0.25, 0.3) is 0 Å². The lowest BCUT2D eigenvalue weighted by Gasteiger charge is -2.32. The fourth-order valence-electron chi connectivity index (χ4n) is 3.92. The van der Waals surface area contributed by atoms with Crippen LogP contribution in [0.4, 0.5) is 13.2 Å². The molecule has 0 unspecified atom stereocenters. The van der Waals surface area contributed by atoms with Crippen molar-refractivity contribution >= 4 is 0 Å². The summed E-state index contributed by atoms with van der Waals surface area (Å²) in [4.78, 5) is 0. The molecule has 30 heavy (non-hydrogen) atoms. The van der Waals surface area contributed by atoms with Crippen LogP contribution in [-0.2, 0) is 25.4 Å². The summed E-state index contributed by atoms with van der Waals surface area (Å²) in [6, 6.07) is 2.03. The first-order chi connectivity index (χ1) is 14.5. The molecule has 0 spiro atoms. The number of unbranched alkanes of at least 4 members (excludes halogenated alkanes) is 2. The van der Waals surface area contributed by atoms with Crippen molar-refractivity contribution in [1.29, 1.82) is 0 Å². The lowest BCUT2D eigenvalue weighted by Crippen LogP contribution is -2.35. The molecule has 2 heterocycles. The van der Waals surface area contributed by atoms with E-state index in [2.05, 4.69) is 6.92 Å². The minimum atomic E-state index is -1.44. The molecule has 2 saturated heterocycles. The normalized spacial score (nSPS) is 27.3. The van der Waals surface area contributed by atoms with Crippen molar-refractivity contribution in [3.8, 4) is 0 Å². The van der Waals surface area contributed by atoms with E-state index < -0.39 is 23.7 Å². The van der Waals surface area contributed by atoms with E-state index in [1.807, 2.05) is 0 Å². The number of benzene rings is 1. The number of aryl methyl sites for hydroxylation is 1. The zero-order valence-electron chi connectivity index (χ0n) is 17.7. The van der Waals surface area contributed by atoms with Gasteiger partial charge in [0.2, 0.25) is 0 Å². The lowest BCUT2D eigenvalue weighted by atomic mass is 10.0. The highest BCUT2D eigenvalue weighted by Crippen LogP contribution is 2.24. The highest BCUT2D eigenvalue weighted by Gasteiger charge is 2.26. The van der Waals surface area contributed by atoms with Crippen LogP contribution in [0.15, 0.2) is 12.1 Å². The molecule has 0 aromatic heterocycles. The maximum absolute atomic E-state index is 13.3. The molecule has 0 bridgehead atoms. The maximum atomic E-state index is 13.3. The predicted molar refractivity (Wildman–Crippen MR) is 106 cm³/mol. The Hall–Kier alpha value is -1.15. The quantitative estimate of drug-likeness (QED) is 0.369. The second kappa shape index (κ2) is 12.0. The Morgan fingerprint density at radius 2 is 1.27 bits per heavy atom. The maximum Gasteiger partial charge on any atom is 0.194 e. The van der Waals surface area contributed by atoms with Crippen LogP contribution >= 0.6 is 0 Å². The van der Waals surface area contributed by atoms with Gasteiger partial charge in [-0.05, 0) is 43.4 Å². The molecule has 4 nitrogen and oxygen atoms in total. The highest BCUT2D eigenvalue weighted by atomic mass is 19.2. The van der Waals surface area contributed by atoms with Gasteiger partial charge in [-0.1, -0.05) is 26.2 Å². The molecule has 2 aliphatic heterocycles. The Morgan fingerprint density at radius 1 is 0.733 bits per heavy atom. The van der Waals surface area contributed by atoms with Gasteiger partial charge in [0.15, 0.2) is 30.0 Å². The summed E-state index contributed by atoms with van der Waals surface area (Å²) < 4.78 is 62.8. The van der Waals surface area contributed by atoms with Crippen molar-refractivity contribution in [1.82, 2.24) is 0 Å². The van der Waals surface area contributed by atoms with Gasteiger partial charge in [0.1, 0.15) is 0 Å². The first kappa shape index (κ1) is 23.5. The number of hydrogen-bond acceptors (Lipinski definition) is 4. The second-order valence-corrected chi connectivity index (χ2v) is 8.41. The topological polar surface area (TPSA) is 36.9 Å². The third-order valence-electron chi connectivity index (χ3n) is 5.81. The minimum absolute atomic E-state index is 0.145. The van der Waals surface area contributed by atoms with Gasteiger partial charge < -0.3 is 18.9 Å². The molecule has 0 amide bonds. The van der Waals surface area contributed by atoms with Crippen LogP contribution in [0.1, 0.15) is 57.4 Å². The summed E-state index contributed by atoms with van der Waals surface area (Å²) in [5.41, 5.74) is 0.389. The summed E-state index contributed by atoms with van der Waals surface area (Å²) in [6.45, 7) is 4.91. The van der Waals surface area contributed by atoms with Gasteiger partial charge in [-0.15, -0.1) is 0 Å². The zero-order chi connectivity index (χ0) is 21.3. The molecule has 2 aliphatic rings. The lowest BCUT2D eigenvalue weighted by molar-refractivity contribution is -0.219. The molecule has 7 heteroatoms. The van der Waals surface area contributed by atoms with E-state index >= 15 is 0 Å². The summed E-state index contributed by atoms with van der Waals surface area (Å²) in [5, 5.41) is 0. The Labute approximate surface area is 177 Å². The smallest absolute Gasteiger partial charge is 0.194 e. The largest absolute Gasteiger partial charge is 0.352 e. The van der Waals surface area contributed by atoms with Crippen LogP contribution in [0.5, 0.6) is 0 Å². The van der Waals surface area contributed by atoms with E-state index in [0.29, 0.717) is 37.5 Å². The SMILES string of the molecule is CCCCCC1COC(CCC2COC(CCc3cc(F)c(F)c(F)c3)OC2)OC1. The fourth-order valence-corrected chi connectivity index (χ4v) is 3.92. The Balaban J connectivity index is 1.28. The molecule has 0 atom stereocenters. The van der Waals surface area contributed by atoms with E-state index in [0.717, 1.165) is 38.2 Å². The molecular formula is C23H33F3O4. The van der Waals surface area contributed by atoms with Crippen molar-refractivity contribution in [3.05, 3.63) is 35.1 Å². The van der Waals surface area contributed by atoms with Gasteiger partial charge in [-0.25, -0.2) is 13.2 Å². The van der Waals surface area contributed by atoms with E-state index in [9.17, 15) is 13.2 Å². The Morgan fingerprint density at radius 3 is 1.83 bits per heavy atom. The Bertz CT molecular complexity index is 618. The molecular weight excluding hydrogens is 397 g/mol. The third kappa shape index (κ3) is 7.22. The highest BCUT2D eigenvalue weighted by molar-refractivity contribution is 5.19. The fraction of sp³-hybridized carbons (Fsp3) is 0.739. The van der Waals surface area contributed by atoms with Gasteiger partial charge in [0.25, 0.3) is 0 Å². The third-order valence-corrected chi connectivity index (χ3v) is 5.81. The van der Waals surface area contributed by atoms with Crippen molar-refractivity contribution in [2.24, 2.45) is 11.8 Å². The van der Waals surface area contributed by atoms with Crippen molar-refractivity contribution in [2.75, 3.05) is 26.4 Å². The summed E-state index contributed by atoms with van der Waals surface area (Å²) in [7, 11) is 0. The van der Waals surface area contributed by atoms with E-state index in [4.69, 9.17) is 18.9 Å². The van der Waals surface area contributed by atoms with E-state index in [-0.39, 0.29) is 12.2 Å². The molecule has 1 aromatic carbocycles. The standard InChI is InChI=1S/C23H33F3O4/c1-2-3-4-5-17-12-27-22(28-13-17)9-7-18-14-29-21(30-15-18)8-6-16-10-19(24)23(26)20(25)11-16/h10-11,17-18,21-22H,2-9,12-15H2,1H3. The van der Waals surface area contributed by atoms with Crippen LogP contribution in [0, 0.1) is 29.3 Å². The Kier molecular flexibility index (Phi) is 9.43. The summed E-state index contributed by atoms with van der Waals surface area (Å²) in [6.07, 6.45) is 6.87. The molecule has 0 saturated carbocycles. The second-order valence-electron chi connectivity index (χ2n) is 8.41. The van der Waals surface area contributed by atoms with Gasteiger partial charge >= 0.3 is 0 Å². The van der Waals surface area contributed by atoms with Gasteiger partial charge in [0, 0.05) is 18.3 Å². The van der Waals surface area contributed by atoms with Crippen LogP contribution in [0.2, 0.25) is 0 Å². The van der Waals surface area contributed by atoms with Crippen molar-refractivity contribution < 1.29 is 32.1 Å². The summed E-state index contributed by atoms with van der Waals surface area (Å²) >= 11 is 0. The van der Waals surface area contributed by atoms with E-state index in [1.165, 1.54) is 25.7 Å². The number of rotatable bonds is 10. The van der Waals surface area contributed by atoms with Gasteiger partial charge in [0.05, 0.1) is 26.4 Å². The molecule has 0 aliphatic carbocycles. The minimum Gasteiger partial charge on any atom is -0.352 e.